The minimum atomic E-state index is -0.630. The molecule has 0 spiro atoms. The number of unbranched alkanes of at least 4 members (excludes halogenated alkanes) is 15. The van der Waals surface area contributed by atoms with E-state index in [-0.39, 0.29) is 7.43 Å². The van der Waals surface area contributed by atoms with Crippen molar-refractivity contribution >= 4 is 48.9 Å². The molecule has 0 bridgehead atoms. The number of fused-ring (bicyclic) bond motifs is 11. The Hall–Kier alpha value is -10.4. The molecule has 14 aromatic carbocycles. The first-order valence-corrected chi connectivity index (χ1v) is 47.6. The van der Waals surface area contributed by atoms with Crippen molar-refractivity contribution in [3.63, 3.8) is 0 Å². The average Bonchev–Trinajstić information content (AvgIpc) is 1.55. The van der Waals surface area contributed by atoms with Gasteiger partial charge in [0.2, 0.25) is 0 Å². The van der Waals surface area contributed by atoms with Crippen molar-refractivity contribution in [2.24, 2.45) is 0 Å². The van der Waals surface area contributed by atoms with Crippen LogP contribution in [0.2, 0.25) is 0 Å². The highest BCUT2D eigenvalue weighted by Gasteiger charge is 2.50. The standard InChI is InChI=1S/C117H115Br2NO.CH4/c1-6-11-16-21-30-81-39-53-90(54-40-81)115(91-55-41-82(42-56-91)31-22-17-12-7-2)105-37-28-26-35-99(105)101-69-49-86(75-107(101)115)88-51-73-111-113(77-88)121-114-78-89(87-50-70-102-100-36-27-29-38-106(100)116(108(102)76-87,92-57-43-83(44-58-92)32-23-18-13-8-3)93-59-45-84(46-60-93)33-24-19-14-9-4)52-74-112(114)120(111)98-67-63-95(64-68-98)117(94-61-47-85(48-62-94)34-25-20-15-10-5)109-79-96(118)65-71-103(109)104-72-66-97(119)80-110(104)117;/h26-29,35-80H,6-25,30-34H2,1-5H3;1H4. The van der Waals surface area contributed by atoms with Gasteiger partial charge in [0.05, 0.1) is 27.6 Å². The SMILES string of the molecule is C.CCCCCCc1ccc(C2(c3ccc(N4c5ccc(-c6ccc7c(c6)C(c6ccc(CCCCCC)cc6)(c6ccc(CCCCCC)cc6)c6ccccc6-7)cc5Oc5cc(-c6ccc7c(c6)C(c6ccc(CCCCCC)cc6)(c6ccc(CCCCCC)cc6)c6ccccc6-7)ccc54)cc3)c3cc(Br)ccc3-c3ccc(Br)cc32)cc1. The normalized spacial score (nSPS) is 13.7. The second-order valence-corrected chi connectivity index (χ2v) is 37.0. The largest absolute Gasteiger partial charge is 0.453 e. The second kappa shape index (κ2) is 37.4. The second-order valence-electron chi connectivity index (χ2n) is 35.1. The van der Waals surface area contributed by atoms with Crippen LogP contribution in [0.25, 0.3) is 55.6 Å². The van der Waals surface area contributed by atoms with Crippen LogP contribution in [-0.2, 0) is 48.3 Å². The van der Waals surface area contributed by atoms with E-state index in [1.807, 2.05) is 0 Å². The van der Waals surface area contributed by atoms with Gasteiger partial charge in [0.25, 0.3) is 0 Å². The number of hydrogen-bond acceptors (Lipinski definition) is 2. The Bertz CT molecular complexity index is 5560. The maximum atomic E-state index is 7.68. The number of hydrogen-bond donors (Lipinski definition) is 0. The van der Waals surface area contributed by atoms with Crippen LogP contribution in [0.1, 0.15) is 265 Å². The summed E-state index contributed by atoms with van der Waals surface area (Å²) in [5, 5.41) is 0. The molecule has 0 atom stereocenters. The first kappa shape index (κ1) is 83.9. The van der Waals surface area contributed by atoms with Crippen molar-refractivity contribution < 1.29 is 4.74 Å². The van der Waals surface area contributed by atoms with E-state index in [2.05, 4.69) is 375 Å². The summed E-state index contributed by atoms with van der Waals surface area (Å²) in [6.07, 6.45) is 30.3. The van der Waals surface area contributed by atoms with E-state index < -0.39 is 16.2 Å². The molecule has 4 heteroatoms. The summed E-state index contributed by atoms with van der Waals surface area (Å²) < 4.78 is 9.81. The summed E-state index contributed by atoms with van der Waals surface area (Å²) in [5.74, 6) is 1.60. The molecule has 3 aliphatic carbocycles. The zero-order valence-electron chi connectivity index (χ0n) is 71.7. The van der Waals surface area contributed by atoms with Crippen LogP contribution in [0.3, 0.4) is 0 Å². The van der Waals surface area contributed by atoms with Crippen LogP contribution >= 0.6 is 31.9 Å². The van der Waals surface area contributed by atoms with E-state index >= 15 is 0 Å². The fourth-order valence-corrected chi connectivity index (χ4v) is 22.0. The summed E-state index contributed by atoms with van der Waals surface area (Å²) >= 11 is 8.03. The summed E-state index contributed by atoms with van der Waals surface area (Å²) in [4.78, 5) is 2.46. The number of anilines is 3. The number of rotatable bonds is 34. The third kappa shape index (κ3) is 15.6. The first-order chi connectivity index (χ1) is 59.6. The van der Waals surface area contributed by atoms with E-state index in [1.54, 1.807) is 0 Å². The van der Waals surface area contributed by atoms with Crippen molar-refractivity contribution in [3.05, 3.63) is 407 Å². The molecule has 0 unspecified atom stereocenters. The molecule has 122 heavy (non-hydrogen) atoms. The average molecular weight is 1730 g/mol. The lowest BCUT2D eigenvalue weighted by molar-refractivity contribution is 0.477. The Morgan fingerprint density at radius 1 is 0.238 bits per heavy atom. The fraction of sp³-hybridized carbons (Fsp3) is 0.288. The fourth-order valence-electron chi connectivity index (χ4n) is 21.2. The van der Waals surface area contributed by atoms with Gasteiger partial charge in [0.15, 0.2) is 11.5 Å². The molecule has 0 aromatic heterocycles. The molecule has 0 saturated heterocycles. The van der Waals surface area contributed by atoms with Gasteiger partial charge in [-0.2, -0.15) is 0 Å². The lowest BCUT2D eigenvalue weighted by Crippen LogP contribution is -2.29. The molecule has 18 rings (SSSR count). The highest BCUT2D eigenvalue weighted by atomic mass is 79.9. The maximum Gasteiger partial charge on any atom is 0.152 e. The predicted octanol–water partition coefficient (Wildman–Crippen LogP) is 34.5. The first-order valence-electron chi connectivity index (χ1n) is 46.0. The number of benzene rings is 14. The third-order valence-corrected chi connectivity index (χ3v) is 28.5. The van der Waals surface area contributed by atoms with Crippen molar-refractivity contribution in [2.75, 3.05) is 4.90 Å². The number of ether oxygens (including phenoxy) is 1. The molecule has 0 amide bonds. The molecule has 0 N–H and O–H groups in total. The van der Waals surface area contributed by atoms with Crippen LogP contribution in [0, 0.1) is 0 Å². The van der Waals surface area contributed by atoms with Gasteiger partial charge in [-0.15, -0.1) is 0 Å². The van der Waals surface area contributed by atoms with Crippen LogP contribution in [0.4, 0.5) is 17.1 Å². The minimum absolute atomic E-state index is 0. The van der Waals surface area contributed by atoms with Gasteiger partial charge in [0.1, 0.15) is 0 Å². The van der Waals surface area contributed by atoms with E-state index in [9.17, 15) is 0 Å². The van der Waals surface area contributed by atoms with Gasteiger partial charge >= 0.3 is 0 Å². The smallest absolute Gasteiger partial charge is 0.152 e. The lowest BCUT2D eigenvalue weighted by atomic mass is 9.67. The van der Waals surface area contributed by atoms with Crippen LogP contribution in [-0.4, -0.2) is 0 Å². The van der Waals surface area contributed by atoms with E-state index in [1.165, 1.54) is 256 Å². The Labute approximate surface area is 745 Å². The predicted molar refractivity (Wildman–Crippen MR) is 525 cm³/mol. The van der Waals surface area contributed by atoms with E-state index in [4.69, 9.17) is 4.74 Å². The van der Waals surface area contributed by atoms with Crippen molar-refractivity contribution in [1.29, 1.82) is 0 Å². The summed E-state index contributed by atoms with van der Waals surface area (Å²) in [7, 11) is 0. The van der Waals surface area contributed by atoms with Gasteiger partial charge in [-0.05, 0) is 287 Å². The molecule has 0 saturated carbocycles. The Morgan fingerprint density at radius 2 is 0.492 bits per heavy atom. The summed E-state index contributed by atoms with van der Waals surface area (Å²) in [5.41, 5.74) is 35.9. The Kier molecular flexibility index (Phi) is 25.7. The number of aryl methyl sites for hydroxylation is 5. The van der Waals surface area contributed by atoms with Crippen LogP contribution < -0.4 is 9.64 Å². The Balaban J connectivity index is 0.0000106. The van der Waals surface area contributed by atoms with Crippen molar-refractivity contribution in [1.82, 2.24) is 0 Å². The van der Waals surface area contributed by atoms with Gasteiger partial charge < -0.3 is 9.64 Å². The van der Waals surface area contributed by atoms with Crippen LogP contribution in [0.15, 0.2) is 312 Å². The maximum absolute atomic E-state index is 7.68. The third-order valence-electron chi connectivity index (χ3n) is 27.5. The molecule has 2 nitrogen and oxygen atoms in total. The molecule has 4 aliphatic rings. The van der Waals surface area contributed by atoms with Gasteiger partial charge in [0, 0.05) is 14.6 Å². The summed E-state index contributed by atoms with van der Waals surface area (Å²) in [6.45, 7) is 11.5. The highest BCUT2D eigenvalue weighted by molar-refractivity contribution is 9.10. The van der Waals surface area contributed by atoms with Gasteiger partial charge in [-0.1, -0.05) is 401 Å². The molecule has 1 aliphatic heterocycles. The zero-order valence-corrected chi connectivity index (χ0v) is 74.8. The van der Waals surface area contributed by atoms with Crippen LogP contribution in [0.5, 0.6) is 11.5 Å². The molecule has 0 fully saturated rings. The molecular weight excluding hydrogens is 1610 g/mol. The van der Waals surface area contributed by atoms with Crippen molar-refractivity contribution in [2.45, 2.75) is 219 Å². The molecule has 616 valence electrons. The van der Waals surface area contributed by atoms with E-state index in [0.29, 0.717) is 0 Å². The minimum Gasteiger partial charge on any atom is -0.453 e. The topological polar surface area (TPSA) is 12.5 Å². The summed E-state index contributed by atoms with van der Waals surface area (Å²) in [6, 6.07) is 119. The molecular formula is C118H119Br2NO. The molecule has 1 heterocycles. The molecule has 14 aromatic rings. The quantitative estimate of drug-likeness (QED) is 0.0373. The van der Waals surface area contributed by atoms with Gasteiger partial charge in [-0.25, -0.2) is 0 Å². The number of nitrogens with zero attached hydrogens (tertiary/aromatic N) is 1. The molecule has 0 radical (unpaired) electrons. The Morgan fingerprint density at radius 3 is 0.803 bits per heavy atom. The van der Waals surface area contributed by atoms with Crippen molar-refractivity contribution in [3.8, 4) is 67.1 Å². The van der Waals surface area contributed by atoms with E-state index in [0.717, 1.165) is 91.9 Å². The number of halogens is 2. The monoisotopic (exact) mass is 1720 g/mol. The lowest BCUT2D eigenvalue weighted by Gasteiger charge is -2.36. The zero-order chi connectivity index (χ0) is 82.4. The van der Waals surface area contributed by atoms with Gasteiger partial charge in [-0.3, -0.25) is 0 Å². The highest BCUT2D eigenvalue weighted by Crippen LogP contribution is 2.62.